The molecular formula is C21H34N6O. The Bertz CT molecular complexity index is 621. The smallest absolute Gasteiger partial charge is 0.223 e. The molecule has 2 aliphatic rings. The number of aliphatic imine (C=N–C) groups is 1. The Morgan fingerprint density at radius 3 is 2.61 bits per heavy atom. The average Bonchev–Trinajstić information content (AvgIpc) is 2.77. The zero-order valence-corrected chi connectivity index (χ0v) is 17.1. The lowest BCUT2D eigenvalue weighted by atomic mass is 9.89. The van der Waals surface area contributed by atoms with Gasteiger partial charge in [-0.1, -0.05) is 25.3 Å². The van der Waals surface area contributed by atoms with Gasteiger partial charge < -0.3 is 20.4 Å². The van der Waals surface area contributed by atoms with E-state index in [0.29, 0.717) is 13.1 Å². The molecule has 0 spiro atoms. The molecule has 1 saturated heterocycles. The van der Waals surface area contributed by atoms with Crippen molar-refractivity contribution < 1.29 is 4.79 Å². The first-order chi connectivity index (χ1) is 13.8. The molecule has 0 unspecified atom stereocenters. The van der Waals surface area contributed by atoms with Gasteiger partial charge in [-0.3, -0.25) is 9.79 Å². The number of hydrogen-bond acceptors (Lipinski definition) is 4. The quantitative estimate of drug-likeness (QED) is 0.444. The van der Waals surface area contributed by atoms with Crippen LogP contribution in [0.2, 0.25) is 0 Å². The van der Waals surface area contributed by atoms with E-state index in [2.05, 4.69) is 38.4 Å². The van der Waals surface area contributed by atoms with Crippen LogP contribution in [0.3, 0.4) is 0 Å². The fourth-order valence-corrected chi connectivity index (χ4v) is 3.96. The number of anilines is 1. The second-order valence-electron chi connectivity index (χ2n) is 7.52. The first-order valence-electron chi connectivity index (χ1n) is 10.7. The summed E-state index contributed by atoms with van der Waals surface area (Å²) < 4.78 is 0. The van der Waals surface area contributed by atoms with Gasteiger partial charge in [-0.25, -0.2) is 4.98 Å². The minimum atomic E-state index is 0.212. The van der Waals surface area contributed by atoms with Crippen LogP contribution in [0.4, 0.5) is 5.82 Å². The summed E-state index contributed by atoms with van der Waals surface area (Å²) in [7, 11) is 0. The van der Waals surface area contributed by atoms with E-state index in [1.165, 1.54) is 19.3 Å². The summed E-state index contributed by atoms with van der Waals surface area (Å²) in [5, 5.41) is 6.46. The van der Waals surface area contributed by atoms with Gasteiger partial charge in [-0.15, -0.1) is 0 Å². The number of nitrogens with zero attached hydrogens (tertiary/aromatic N) is 4. The SMILES string of the molecule is CCNC(=NCCNC(=O)C1CCCCC1)N1CCN(c2ccccn2)CC1. The number of hydrogen-bond donors (Lipinski definition) is 2. The monoisotopic (exact) mass is 386 g/mol. The van der Waals surface area contributed by atoms with Crippen LogP contribution >= 0.6 is 0 Å². The van der Waals surface area contributed by atoms with Crippen LogP contribution in [-0.2, 0) is 4.79 Å². The topological polar surface area (TPSA) is 72.9 Å². The van der Waals surface area contributed by atoms with Crippen LogP contribution in [0.5, 0.6) is 0 Å². The van der Waals surface area contributed by atoms with Crippen molar-refractivity contribution in [3.63, 3.8) is 0 Å². The lowest BCUT2D eigenvalue weighted by molar-refractivity contribution is -0.125. The van der Waals surface area contributed by atoms with Gasteiger partial charge in [0.1, 0.15) is 5.82 Å². The van der Waals surface area contributed by atoms with Gasteiger partial charge in [-0.05, 0) is 31.9 Å². The van der Waals surface area contributed by atoms with Crippen molar-refractivity contribution in [2.45, 2.75) is 39.0 Å². The third-order valence-electron chi connectivity index (χ3n) is 5.54. The van der Waals surface area contributed by atoms with E-state index in [1.54, 1.807) is 0 Å². The molecule has 7 nitrogen and oxygen atoms in total. The average molecular weight is 387 g/mol. The van der Waals surface area contributed by atoms with E-state index in [1.807, 2.05) is 18.3 Å². The van der Waals surface area contributed by atoms with Gasteiger partial charge in [0.05, 0.1) is 6.54 Å². The van der Waals surface area contributed by atoms with Gasteiger partial charge in [0.2, 0.25) is 5.91 Å². The Balaban J connectivity index is 1.44. The second kappa shape index (κ2) is 10.9. The van der Waals surface area contributed by atoms with Gasteiger partial charge >= 0.3 is 0 Å². The number of rotatable bonds is 6. The van der Waals surface area contributed by atoms with Crippen molar-refractivity contribution in [3.05, 3.63) is 24.4 Å². The van der Waals surface area contributed by atoms with Crippen LogP contribution in [-0.4, -0.2) is 67.6 Å². The molecule has 0 bridgehead atoms. The third kappa shape index (κ3) is 5.84. The fourth-order valence-electron chi connectivity index (χ4n) is 3.96. The van der Waals surface area contributed by atoms with Crippen molar-refractivity contribution >= 4 is 17.7 Å². The van der Waals surface area contributed by atoms with E-state index >= 15 is 0 Å². The number of amides is 1. The molecule has 28 heavy (non-hydrogen) atoms. The molecule has 1 aliphatic heterocycles. The fraction of sp³-hybridized carbons (Fsp3) is 0.667. The Labute approximate surface area is 168 Å². The van der Waals surface area contributed by atoms with E-state index in [4.69, 9.17) is 4.99 Å². The summed E-state index contributed by atoms with van der Waals surface area (Å²) in [4.78, 5) is 26.0. The number of guanidine groups is 1. The van der Waals surface area contributed by atoms with Crippen LogP contribution < -0.4 is 15.5 Å². The van der Waals surface area contributed by atoms with E-state index < -0.39 is 0 Å². The van der Waals surface area contributed by atoms with Gasteiger partial charge in [0.15, 0.2) is 5.96 Å². The van der Waals surface area contributed by atoms with Crippen molar-refractivity contribution in [3.8, 4) is 0 Å². The van der Waals surface area contributed by atoms with Crippen molar-refractivity contribution in [2.24, 2.45) is 10.9 Å². The largest absolute Gasteiger partial charge is 0.357 e. The molecule has 2 heterocycles. The van der Waals surface area contributed by atoms with Crippen molar-refractivity contribution in [2.75, 3.05) is 50.7 Å². The van der Waals surface area contributed by atoms with Gasteiger partial charge in [0.25, 0.3) is 0 Å². The summed E-state index contributed by atoms with van der Waals surface area (Å²) in [6.45, 7) is 7.84. The summed E-state index contributed by atoms with van der Waals surface area (Å²) in [5.74, 6) is 2.40. The van der Waals surface area contributed by atoms with Gasteiger partial charge in [0, 0.05) is 51.4 Å². The number of carbonyl (C=O) groups excluding carboxylic acids is 1. The molecule has 1 aliphatic carbocycles. The highest BCUT2D eigenvalue weighted by atomic mass is 16.1. The Hall–Kier alpha value is -2.31. The number of carbonyl (C=O) groups is 1. The molecule has 1 aromatic heterocycles. The molecular weight excluding hydrogens is 352 g/mol. The summed E-state index contributed by atoms with van der Waals surface area (Å²) >= 11 is 0. The van der Waals surface area contributed by atoms with E-state index in [0.717, 1.165) is 57.3 Å². The standard InChI is InChI=1S/C21H34N6O/c1-2-22-21(25-13-12-24-20(28)18-8-4-3-5-9-18)27-16-14-26(15-17-27)19-10-6-7-11-23-19/h6-7,10-11,18H,2-5,8-9,12-17H2,1H3,(H,22,25)(H,24,28). The maximum Gasteiger partial charge on any atom is 0.223 e. The molecule has 1 aromatic rings. The Morgan fingerprint density at radius 1 is 1.14 bits per heavy atom. The molecule has 154 valence electrons. The zero-order chi connectivity index (χ0) is 19.6. The molecule has 2 N–H and O–H groups in total. The number of pyridine rings is 1. The van der Waals surface area contributed by atoms with E-state index in [9.17, 15) is 4.79 Å². The highest BCUT2D eigenvalue weighted by Gasteiger charge is 2.21. The summed E-state index contributed by atoms with van der Waals surface area (Å²) in [5.41, 5.74) is 0. The Kier molecular flexibility index (Phi) is 7.94. The molecule has 0 radical (unpaired) electrons. The highest BCUT2D eigenvalue weighted by molar-refractivity contribution is 5.80. The predicted molar refractivity (Wildman–Crippen MR) is 114 cm³/mol. The second-order valence-corrected chi connectivity index (χ2v) is 7.52. The number of piperazine rings is 1. The Morgan fingerprint density at radius 2 is 1.93 bits per heavy atom. The summed E-state index contributed by atoms with van der Waals surface area (Å²) in [6.07, 6.45) is 7.57. The molecule has 0 aromatic carbocycles. The zero-order valence-electron chi connectivity index (χ0n) is 17.1. The lowest BCUT2D eigenvalue weighted by Gasteiger charge is -2.37. The predicted octanol–water partition coefficient (Wildman–Crippen LogP) is 1.87. The number of nitrogens with one attached hydrogen (secondary N) is 2. The lowest BCUT2D eigenvalue weighted by Crippen LogP contribution is -2.53. The van der Waals surface area contributed by atoms with Gasteiger partial charge in [-0.2, -0.15) is 0 Å². The molecule has 2 fully saturated rings. The minimum absolute atomic E-state index is 0.212. The first-order valence-corrected chi connectivity index (χ1v) is 10.7. The van der Waals surface area contributed by atoms with Crippen molar-refractivity contribution in [1.29, 1.82) is 0 Å². The molecule has 1 saturated carbocycles. The first kappa shape index (κ1) is 20.4. The maximum absolute atomic E-state index is 12.2. The van der Waals surface area contributed by atoms with Crippen LogP contribution in [0.15, 0.2) is 29.4 Å². The highest BCUT2D eigenvalue weighted by Crippen LogP contribution is 2.23. The van der Waals surface area contributed by atoms with Crippen LogP contribution in [0, 0.1) is 5.92 Å². The molecule has 0 atom stereocenters. The van der Waals surface area contributed by atoms with E-state index in [-0.39, 0.29) is 11.8 Å². The van der Waals surface area contributed by atoms with Crippen molar-refractivity contribution in [1.82, 2.24) is 20.5 Å². The normalized spacial score (nSPS) is 18.8. The summed E-state index contributed by atoms with van der Waals surface area (Å²) in [6, 6.07) is 6.04. The van der Waals surface area contributed by atoms with Crippen LogP contribution in [0.1, 0.15) is 39.0 Å². The molecule has 1 amide bonds. The number of aromatic nitrogens is 1. The maximum atomic E-state index is 12.2. The molecule has 3 rings (SSSR count). The molecule has 7 heteroatoms. The third-order valence-corrected chi connectivity index (χ3v) is 5.54. The van der Waals surface area contributed by atoms with Crippen LogP contribution in [0.25, 0.3) is 0 Å². The minimum Gasteiger partial charge on any atom is -0.357 e.